The van der Waals surface area contributed by atoms with Gasteiger partial charge in [0.1, 0.15) is 17.6 Å². The van der Waals surface area contributed by atoms with Crippen LogP contribution in [0.3, 0.4) is 0 Å². The first-order valence-corrected chi connectivity index (χ1v) is 11.5. The van der Waals surface area contributed by atoms with Crippen LogP contribution in [0.2, 0.25) is 0 Å². The highest BCUT2D eigenvalue weighted by molar-refractivity contribution is 6.00. The van der Waals surface area contributed by atoms with Gasteiger partial charge in [0.25, 0.3) is 5.91 Å². The number of hydrogen-bond acceptors (Lipinski definition) is 5. The van der Waals surface area contributed by atoms with E-state index >= 15 is 0 Å². The molecule has 3 aromatic rings. The molecule has 2 fully saturated rings. The van der Waals surface area contributed by atoms with Crippen molar-refractivity contribution >= 4 is 17.6 Å². The molecular formula is C24H29N7O2. The molecule has 4 atom stereocenters. The average Bonchev–Trinajstić information content (AvgIpc) is 3.58. The number of anilines is 1. The molecule has 9 nitrogen and oxygen atoms in total. The minimum absolute atomic E-state index is 0.136. The van der Waals surface area contributed by atoms with Crippen LogP contribution >= 0.6 is 0 Å². The number of pyridine rings is 1. The van der Waals surface area contributed by atoms with Crippen molar-refractivity contribution in [3.63, 3.8) is 0 Å². The number of fused-ring (bicyclic) bond motifs is 2. The maximum absolute atomic E-state index is 13.4. The first kappa shape index (κ1) is 21.4. The van der Waals surface area contributed by atoms with Crippen molar-refractivity contribution < 1.29 is 9.59 Å². The van der Waals surface area contributed by atoms with Crippen LogP contribution in [0.4, 0.5) is 5.82 Å². The normalized spacial score (nSPS) is 22.3. The fourth-order valence-corrected chi connectivity index (χ4v) is 5.65. The second kappa shape index (κ2) is 8.46. The minimum Gasteiger partial charge on any atom is -0.339 e. The average molecular weight is 448 g/mol. The van der Waals surface area contributed by atoms with Gasteiger partial charge >= 0.3 is 0 Å². The first-order valence-electron chi connectivity index (χ1n) is 11.5. The molecule has 2 N–H and O–H groups in total. The van der Waals surface area contributed by atoms with E-state index in [0.29, 0.717) is 23.3 Å². The monoisotopic (exact) mass is 447 g/mol. The number of carbonyl (C=O) groups excluding carboxylic acids is 2. The van der Waals surface area contributed by atoms with E-state index in [-0.39, 0.29) is 17.7 Å². The third-order valence-electron chi connectivity index (χ3n) is 7.25. The Morgan fingerprint density at radius 2 is 1.91 bits per heavy atom. The molecule has 172 valence electrons. The Morgan fingerprint density at radius 1 is 1.06 bits per heavy atom. The summed E-state index contributed by atoms with van der Waals surface area (Å²) >= 11 is 0. The van der Waals surface area contributed by atoms with Gasteiger partial charge in [-0.15, -0.1) is 0 Å². The van der Waals surface area contributed by atoms with Crippen molar-refractivity contribution in [1.82, 2.24) is 29.9 Å². The number of carbonyl (C=O) groups is 2. The van der Waals surface area contributed by atoms with Crippen molar-refractivity contribution in [1.29, 1.82) is 0 Å². The summed E-state index contributed by atoms with van der Waals surface area (Å²) in [6.45, 7) is 2.00. The largest absolute Gasteiger partial charge is 0.339 e. The quantitative estimate of drug-likeness (QED) is 0.604. The smallest absolute Gasteiger partial charge is 0.270 e. The fraction of sp³-hybridized carbons (Fsp3) is 0.458. The molecular weight excluding hydrogens is 418 g/mol. The van der Waals surface area contributed by atoms with Gasteiger partial charge in [-0.25, -0.2) is 4.98 Å². The lowest BCUT2D eigenvalue weighted by molar-refractivity contribution is -0.119. The van der Waals surface area contributed by atoms with Gasteiger partial charge in [0, 0.05) is 32.1 Å². The van der Waals surface area contributed by atoms with E-state index in [1.165, 1.54) is 11.1 Å². The van der Waals surface area contributed by atoms with Gasteiger partial charge in [0.2, 0.25) is 5.91 Å². The van der Waals surface area contributed by atoms with E-state index < -0.39 is 6.04 Å². The number of hydrogen-bond donors (Lipinski definition) is 2. The predicted molar refractivity (Wildman–Crippen MR) is 123 cm³/mol. The Balaban J connectivity index is 1.34. The third kappa shape index (κ3) is 4.03. The van der Waals surface area contributed by atoms with Crippen molar-refractivity contribution in [3.05, 3.63) is 48.0 Å². The number of aromatic nitrogens is 5. The SMILES string of the molecule is Cc1cnn(C)c1-c1ccc(NC(=O)C(NC(=O)c2ccnn2C)C2CC3CCC2C3)nc1. The number of nitrogens with one attached hydrogen (secondary N) is 2. The molecule has 0 spiro atoms. The second-order valence-electron chi connectivity index (χ2n) is 9.35. The van der Waals surface area contributed by atoms with Crippen LogP contribution in [-0.2, 0) is 18.9 Å². The molecule has 3 aromatic heterocycles. The molecule has 2 aliphatic carbocycles. The minimum atomic E-state index is -0.608. The third-order valence-corrected chi connectivity index (χ3v) is 7.25. The lowest BCUT2D eigenvalue weighted by Crippen LogP contribution is -2.50. The number of aryl methyl sites for hydroxylation is 3. The van der Waals surface area contributed by atoms with Crippen LogP contribution in [-0.4, -0.2) is 42.4 Å². The second-order valence-corrected chi connectivity index (χ2v) is 9.35. The van der Waals surface area contributed by atoms with Gasteiger partial charge in [-0.3, -0.25) is 19.0 Å². The van der Waals surface area contributed by atoms with Gasteiger partial charge in [-0.2, -0.15) is 10.2 Å². The Morgan fingerprint density at radius 3 is 2.48 bits per heavy atom. The number of nitrogens with zero attached hydrogens (tertiary/aromatic N) is 5. The van der Waals surface area contributed by atoms with Crippen molar-refractivity contribution in [2.45, 2.75) is 38.6 Å². The zero-order valence-electron chi connectivity index (χ0n) is 19.2. The van der Waals surface area contributed by atoms with E-state index in [1.807, 2.05) is 30.9 Å². The van der Waals surface area contributed by atoms with E-state index in [9.17, 15) is 9.59 Å². The Labute approximate surface area is 192 Å². The summed E-state index contributed by atoms with van der Waals surface area (Å²) in [5.41, 5.74) is 3.42. The molecule has 9 heteroatoms. The molecule has 4 unspecified atom stereocenters. The summed E-state index contributed by atoms with van der Waals surface area (Å²) in [7, 11) is 3.61. The molecule has 0 aliphatic heterocycles. The molecule has 0 aromatic carbocycles. The van der Waals surface area contributed by atoms with Crippen molar-refractivity contribution in [2.75, 3.05) is 5.32 Å². The summed E-state index contributed by atoms with van der Waals surface area (Å²) in [6, 6.07) is 4.77. The Kier molecular flexibility index (Phi) is 5.47. The van der Waals surface area contributed by atoms with E-state index in [2.05, 4.69) is 25.8 Å². The Bertz CT molecular complexity index is 1160. The molecule has 2 saturated carbocycles. The van der Waals surface area contributed by atoms with Crippen LogP contribution in [0.5, 0.6) is 0 Å². The van der Waals surface area contributed by atoms with Crippen molar-refractivity contribution in [3.8, 4) is 11.3 Å². The summed E-state index contributed by atoms with van der Waals surface area (Å²) in [5.74, 6) is 1.22. The molecule has 2 aliphatic rings. The molecule has 3 heterocycles. The fourth-order valence-electron chi connectivity index (χ4n) is 5.65. The summed E-state index contributed by atoms with van der Waals surface area (Å²) in [5, 5.41) is 14.3. The maximum atomic E-state index is 13.4. The van der Waals surface area contributed by atoms with Crippen LogP contribution < -0.4 is 10.6 Å². The topological polar surface area (TPSA) is 107 Å². The lowest BCUT2D eigenvalue weighted by Gasteiger charge is -2.30. The molecule has 5 rings (SSSR count). The summed E-state index contributed by atoms with van der Waals surface area (Å²) < 4.78 is 3.33. The van der Waals surface area contributed by atoms with Gasteiger partial charge in [0.15, 0.2) is 0 Å². The number of amides is 2. The van der Waals surface area contributed by atoms with Gasteiger partial charge < -0.3 is 10.6 Å². The van der Waals surface area contributed by atoms with Crippen LogP contribution in [0.15, 0.2) is 36.8 Å². The maximum Gasteiger partial charge on any atom is 0.270 e. The summed E-state index contributed by atoms with van der Waals surface area (Å²) in [4.78, 5) is 30.8. The first-order chi connectivity index (χ1) is 15.9. The van der Waals surface area contributed by atoms with E-state index in [4.69, 9.17) is 0 Å². The van der Waals surface area contributed by atoms with E-state index in [0.717, 1.165) is 36.1 Å². The molecule has 0 radical (unpaired) electrons. The van der Waals surface area contributed by atoms with Crippen molar-refractivity contribution in [2.24, 2.45) is 31.8 Å². The van der Waals surface area contributed by atoms with Gasteiger partial charge in [0.05, 0.1) is 11.9 Å². The summed E-state index contributed by atoms with van der Waals surface area (Å²) in [6.07, 6.45) is 9.60. The highest BCUT2D eigenvalue weighted by Gasteiger charge is 2.46. The molecule has 2 amide bonds. The van der Waals surface area contributed by atoms with Gasteiger partial charge in [-0.05, 0) is 67.7 Å². The predicted octanol–water partition coefficient (Wildman–Crippen LogP) is 2.70. The molecule has 2 bridgehead atoms. The van der Waals surface area contributed by atoms with Crippen LogP contribution in [0.1, 0.15) is 41.7 Å². The zero-order valence-corrected chi connectivity index (χ0v) is 19.2. The highest BCUT2D eigenvalue weighted by Crippen LogP contribution is 2.49. The zero-order chi connectivity index (χ0) is 23.1. The molecule has 33 heavy (non-hydrogen) atoms. The van der Waals surface area contributed by atoms with Crippen LogP contribution in [0.25, 0.3) is 11.3 Å². The molecule has 0 saturated heterocycles. The van der Waals surface area contributed by atoms with Crippen LogP contribution in [0, 0.1) is 24.7 Å². The number of rotatable bonds is 6. The highest BCUT2D eigenvalue weighted by atomic mass is 16.2. The van der Waals surface area contributed by atoms with Gasteiger partial charge in [-0.1, -0.05) is 6.42 Å². The van der Waals surface area contributed by atoms with E-state index in [1.54, 1.807) is 31.6 Å². The Hall–Kier alpha value is -3.49. The lowest BCUT2D eigenvalue weighted by atomic mass is 9.82. The standard InChI is InChI=1S/C24H29N7O2/c1-14-12-27-31(3)22(14)17-6-7-20(25-13-17)28-24(33)21(18-11-15-4-5-16(18)10-15)29-23(32)19-8-9-26-30(19)2/h6-9,12-13,15-16,18,21H,4-5,10-11H2,1-3H3,(H,29,32)(H,25,28,33).